The summed E-state index contributed by atoms with van der Waals surface area (Å²) in [7, 11) is 1.56. The van der Waals surface area contributed by atoms with Crippen LogP contribution in [0.4, 0.5) is 4.39 Å². The summed E-state index contributed by atoms with van der Waals surface area (Å²) in [5.74, 6) is 0.342. The zero-order valence-corrected chi connectivity index (χ0v) is 10.8. The fourth-order valence-corrected chi connectivity index (χ4v) is 2.13. The number of hydrogen-bond acceptors (Lipinski definition) is 3. The number of aliphatic hydroxyl groups excluding tert-OH is 1. The van der Waals surface area contributed by atoms with Crippen molar-refractivity contribution in [2.75, 3.05) is 20.0 Å². The molecule has 0 spiro atoms. The summed E-state index contributed by atoms with van der Waals surface area (Å²) in [4.78, 5) is 0.749. The molecule has 0 aliphatic heterocycles. The van der Waals surface area contributed by atoms with Crippen LogP contribution in [0.5, 0.6) is 5.75 Å². The topological polar surface area (TPSA) is 29.5 Å². The Hall–Kier alpha value is -0.740. The first-order valence-electron chi connectivity index (χ1n) is 4.99. The van der Waals surface area contributed by atoms with Crippen LogP contribution in [0.3, 0.4) is 0 Å². The average molecular weight is 244 g/mol. The molecular weight excluding hydrogens is 227 g/mol. The number of thioether (sulfide) groups is 1. The zero-order valence-electron chi connectivity index (χ0n) is 10.0. The Bertz CT molecular complexity index is 378. The molecule has 16 heavy (non-hydrogen) atoms. The minimum absolute atomic E-state index is 0.0549. The number of rotatable bonds is 4. The van der Waals surface area contributed by atoms with Crippen molar-refractivity contribution in [2.24, 2.45) is 0 Å². The van der Waals surface area contributed by atoms with E-state index in [-0.39, 0.29) is 12.4 Å². The predicted octanol–water partition coefficient (Wildman–Crippen LogP) is 2.83. The summed E-state index contributed by atoms with van der Waals surface area (Å²) < 4.78 is 18.8. The van der Waals surface area contributed by atoms with Crippen LogP contribution in [0.25, 0.3) is 0 Å². The van der Waals surface area contributed by atoms with Gasteiger partial charge in [-0.2, -0.15) is 0 Å². The first kappa shape index (κ1) is 13.3. The Morgan fingerprint density at radius 1 is 1.44 bits per heavy atom. The Balaban J connectivity index is 3.42. The van der Waals surface area contributed by atoms with Gasteiger partial charge in [-0.3, -0.25) is 0 Å². The number of hydrogen-bond donors (Lipinski definition) is 1. The second kappa shape index (κ2) is 5.06. The van der Waals surface area contributed by atoms with Crippen molar-refractivity contribution in [1.82, 2.24) is 0 Å². The summed E-state index contributed by atoms with van der Waals surface area (Å²) in [6, 6.07) is 2.87. The average Bonchev–Trinajstić information content (AvgIpc) is 2.27. The highest BCUT2D eigenvalue weighted by Gasteiger charge is 2.26. The van der Waals surface area contributed by atoms with E-state index in [1.165, 1.54) is 23.9 Å². The first-order valence-corrected chi connectivity index (χ1v) is 6.21. The van der Waals surface area contributed by atoms with Gasteiger partial charge in [-0.05, 0) is 18.4 Å². The van der Waals surface area contributed by atoms with Gasteiger partial charge in [-0.1, -0.05) is 13.8 Å². The molecule has 0 heterocycles. The fourth-order valence-electron chi connectivity index (χ4n) is 1.52. The molecule has 0 amide bonds. The quantitative estimate of drug-likeness (QED) is 0.826. The second-order valence-corrected chi connectivity index (χ2v) is 5.08. The smallest absolute Gasteiger partial charge is 0.136 e. The summed E-state index contributed by atoms with van der Waals surface area (Å²) >= 11 is 1.43. The van der Waals surface area contributed by atoms with Gasteiger partial charge in [0.2, 0.25) is 0 Å². The van der Waals surface area contributed by atoms with E-state index in [0.717, 1.165) is 4.90 Å². The number of benzene rings is 1. The van der Waals surface area contributed by atoms with Crippen LogP contribution in [0, 0.1) is 5.82 Å². The normalized spacial score (nSPS) is 11.6. The number of aliphatic hydroxyl groups is 1. The van der Waals surface area contributed by atoms with Gasteiger partial charge in [0.25, 0.3) is 0 Å². The summed E-state index contributed by atoms with van der Waals surface area (Å²) in [6.45, 7) is 3.66. The lowest BCUT2D eigenvalue weighted by atomic mass is 9.85. The molecule has 0 fully saturated rings. The molecule has 0 unspecified atom stereocenters. The van der Waals surface area contributed by atoms with Crippen LogP contribution >= 0.6 is 11.8 Å². The van der Waals surface area contributed by atoms with Gasteiger partial charge in [0.15, 0.2) is 0 Å². The van der Waals surface area contributed by atoms with E-state index in [1.54, 1.807) is 7.11 Å². The monoisotopic (exact) mass is 244 g/mol. The third-order valence-corrected chi connectivity index (χ3v) is 3.31. The highest BCUT2D eigenvalue weighted by atomic mass is 32.2. The second-order valence-electron chi connectivity index (χ2n) is 4.23. The zero-order chi connectivity index (χ0) is 12.3. The predicted molar refractivity (Wildman–Crippen MR) is 64.8 cm³/mol. The van der Waals surface area contributed by atoms with Crippen molar-refractivity contribution < 1.29 is 14.2 Å². The minimum atomic E-state index is -0.516. The van der Waals surface area contributed by atoms with E-state index in [2.05, 4.69) is 0 Å². The highest BCUT2D eigenvalue weighted by Crippen LogP contribution is 2.38. The van der Waals surface area contributed by atoms with Crippen LogP contribution in [-0.4, -0.2) is 25.1 Å². The SMILES string of the molecule is COc1c(SC)cc(F)cc1C(C)(C)CO. The molecule has 1 rings (SSSR count). The number of halogens is 1. The molecule has 1 aromatic carbocycles. The third-order valence-electron chi connectivity index (χ3n) is 2.57. The van der Waals surface area contributed by atoms with Gasteiger partial charge >= 0.3 is 0 Å². The number of methoxy groups -OCH3 is 1. The van der Waals surface area contributed by atoms with Crippen molar-refractivity contribution in [1.29, 1.82) is 0 Å². The van der Waals surface area contributed by atoms with Crippen molar-refractivity contribution in [3.05, 3.63) is 23.5 Å². The third kappa shape index (κ3) is 2.50. The molecule has 0 saturated heterocycles. The molecule has 90 valence electrons. The van der Waals surface area contributed by atoms with Crippen LogP contribution in [-0.2, 0) is 5.41 Å². The fraction of sp³-hybridized carbons (Fsp3) is 0.500. The van der Waals surface area contributed by atoms with Crippen LogP contribution < -0.4 is 4.74 Å². The molecule has 0 aromatic heterocycles. The van der Waals surface area contributed by atoms with E-state index in [9.17, 15) is 9.50 Å². The Labute approximate surface area is 99.8 Å². The lowest BCUT2D eigenvalue weighted by molar-refractivity contribution is 0.214. The molecule has 0 radical (unpaired) electrons. The lowest BCUT2D eigenvalue weighted by Crippen LogP contribution is -2.23. The van der Waals surface area contributed by atoms with Gasteiger partial charge in [0.1, 0.15) is 11.6 Å². The minimum Gasteiger partial charge on any atom is -0.495 e. The molecule has 1 N–H and O–H groups in total. The molecule has 0 aliphatic carbocycles. The molecule has 2 nitrogen and oxygen atoms in total. The van der Waals surface area contributed by atoms with E-state index < -0.39 is 5.41 Å². The summed E-state index contributed by atoms with van der Waals surface area (Å²) in [5.41, 5.74) is 0.180. The molecule has 4 heteroatoms. The standard InChI is InChI=1S/C12H17FO2S/c1-12(2,7-14)9-5-8(13)6-10(16-4)11(9)15-3/h5-6,14H,7H2,1-4H3. The van der Waals surface area contributed by atoms with E-state index >= 15 is 0 Å². The maximum Gasteiger partial charge on any atom is 0.136 e. The van der Waals surface area contributed by atoms with Gasteiger partial charge < -0.3 is 9.84 Å². The van der Waals surface area contributed by atoms with Gasteiger partial charge in [0.05, 0.1) is 18.6 Å². The molecule has 0 bridgehead atoms. The Morgan fingerprint density at radius 3 is 2.50 bits per heavy atom. The maximum atomic E-state index is 13.4. The molecule has 0 aliphatic rings. The van der Waals surface area contributed by atoms with Crippen molar-refractivity contribution in [3.63, 3.8) is 0 Å². The maximum absolute atomic E-state index is 13.4. The van der Waals surface area contributed by atoms with Crippen molar-refractivity contribution in [2.45, 2.75) is 24.2 Å². The highest BCUT2D eigenvalue weighted by molar-refractivity contribution is 7.98. The van der Waals surface area contributed by atoms with Crippen LogP contribution in [0.2, 0.25) is 0 Å². The van der Waals surface area contributed by atoms with Crippen LogP contribution in [0.1, 0.15) is 19.4 Å². The van der Waals surface area contributed by atoms with E-state index in [1.807, 2.05) is 20.1 Å². The first-order chi connectivity index (χ1) is 7.46. The van der Waals surface area contributed by atoms with Crippen molar-refractivity contribution in [3.8, 4) is 5.75 Å². The molecular formula is C12H17FO2S. The van der Waals surface area contributed by atoms with Crippen LogP contribution in [0.15, 0.2) is 17.0 Å². The van der Waals surface area contributed by atoms with Gasteiger partial charge in [-0.15, -0.1) is 11.8 Å². The van der Waals surface area contributed by atoms with E-state index in [0.29, 0.717) is 11.3 Å². The molecule has 1 aromatic rings. The summed E-state index contributed by atoms with van der Waals surface area (Å²) in [6.07, 6.45) is 1.87. The van der Waals surface area contributed by atoms with Crippen molar-refractivity contribution >= 4 is 11.8 Å². The Morgan fingerprint density at radius 2 is 2.06 bits per heavy atom. The lowest BCUT2D eigenvalue weighted by Gasteiger charge is -2.25. The summed E-state index contributed by atoms with van der Waals surface area (Å²) in [5, 5.41) is 9.34. The molecule has 0 atom stereocenters. The van der Waals surface area contributed by atoms with Gasteiger partial charge in [-0.25, -0.2) is 4.39 Å². The van der Waals surface area contributed by atoms with E-state index in [4.69, 9.17) is 4.74 Å². The molecule has 0 saturated carbocycles. The largest absolute Gasteiger partial charge is 0.495 e. The van der Waals surface area contributed by atoms with Gasteiger partial charge in [0, 0.05) is 11.0 Å². The Kier molecular flexibility index (Phi) is 4.21. The number of ether oxygens (including phenoxy) is 1.